The van der Waals surface area contributed by atoms with E-state index in [1.165, 1.54) is 0 Å². The Labute approximate surface area is 249 Å². The van der Waals surface area contributed by atoms with E-state index in [9.17, 15) is 62.4 Å². The average molecular weight is 762 g/mol. The number of amides is 2. The normalized spacial score (nSPS) is 13.4. The molecule has 1 unspecified atom stereocenters. The Hall–Kier alpha value is -3.20. The average Bonchev–Trinajstić information content (AvgIpc) is 2.88. The molecule has 0 saturated heterocycles. The molecule has 19 heteroatoms. The summed E-state index contributed by atoms with van der Waals surface area (Å²) in [6.07, 6.45) is -13.5. The molecule has 0 saturated carbocycles. The van der Waals surface area contributed by atoms with Gasteiger partial charge in [-0.15, -0.1) is 13.2 Å². The molecule has 0 aliphatic rings. The minimum atomic E-state index is -6.74. The fraction of sp³-hybridized carbons (Fsp3) is 0.167. The number of hydrogen-bond donors (Lipinski definition) is 2. The molecular formula is C24H11F12IN2O3S. The molecule has 0 aliphatic carbocycles. The Morgan fingerprint density at radius 2 is 1.33 bits per heavy atom. The molecule has 0 spiro atoms. The van der Waals surface area contributed by atoms with E-state index in [0.29, 0.717) is 0 Å². The lowest BCUT2D eigenvalue weighted by atomic mass is 9.94. The summed E-state index contributed by atoms with van der Waals surface area (Å²) in [5.41, 5.74) is -17.6. The van der Waals surface area contributed by atoms with Gasteiger partial charge in [0.05, 0.1) is 11.3 Å². The predicted octanol–water partition coefficient (Wildman–Crippen LogP) is 7.99. The van der Waals surface area contributed by atoms with E-state index in [4.69, 9.17) is 0 Å². The fourth-order valence-corrected chi connectivity index (χ4v) is 5.21. The molecule has 0 fully saturated rings. The first kappa shape index (κ1) is 34.3. The van der Waals surface area contributed by atoms with Crippen molar-refractivity contribution in [3.8, 4) is 0 Å². The number of carbonyl (C=O) groups is 2. The van der Waals surface area contributed by atoms with Gasteiger partial charge in [0, 0.05) is 20.8 Å². The summed E-state index contributed by atoms with van der Waals surface area (Å²) < 4.78 is 173. The minimum absolute atomic E-state index is 0.161. The van der Waals surface area contributed by atoms with Crippen molar-refractivity contribution in [3.05, 3.63) is 86.5 Å². The van der Waals surface area contributed by atoms with Crippen LogP contribution < -0.4 is 10.6 Å². The van der Waals surface area contributed by atoms with Crippen LogP contribution in [0.2, 0.25) is 0 Å². The molecule has 3 aromatic carbocycles. The van der Waals surface area contributed by atoms with Gasteiger partial charge in [0.25, 0.3) is 11.8 Å². The fourth-order valence-electron chi connectivity index (χ4n) is 3.44. The first-order valence-electron chi connectivity index (χ1n) is 10.9. The zero-order valence-electron chi connectivity index (χ0n) is 20.2. The summed E-state index contributed by atoms with van der Waals surface area (Å²) in [7, 11) is 0. The zero-order chi connectivity index (χ0) is 32.7. The van der Waals surface area contributed by atoms with Gasteiger partial charge in [-0.2, -0.15) is 26.3 Å². The van der Waals surface area contributed by atoms with Crippen LogP contribution in [0.3, 0.4) is 0 Å². The highest BCUT2D eigenvalue weighted by atomic mass is 127. The van der Waals surface area contributed by atoms with Crippen molar-refractivity contribution >= 4 is 57.0 Å². The van der Waals surface area contributed by atoms with Crippen LogP contribution in [0, 0.1) is 15.2 Å². The molecule has 1 atom stereocenters. The van der Waals surface area contributed by atoms with Gasteiger partial charge in [0.1, 0.15) is 22.7 Å². The second-order valence-corrected chi connectivity index (χ2v) is 10.9. The van der Waals surface area contributed by atoms with E-state index in [-0.39, 0.29) is 11.6 Å². The third-order valence-electron chi connectivity index (χ3n) is 5.48. The third-order valence-corrected chi connectivity index (χ3v) is 7.47. The topological polar surface area (TPSA) is 81.3 Å². The van der Waals surface area contributed by atoms with Crippen LogP contribution >= 0.6 is 22.6 Å². The van der Waals surface area contributed by atoms with Crippen LogP contribution in [0.1, 0.15) is 26.3 Å². The van der Waals surface area contributed by atoms with E-state index in [1.807, 2.05) is 5.32 Å². The van der Waals surface area contributed by atoms with Crippen molar-refractivity contribution in [2.45, 2.75) is 28.4 Å². The van der Waals surface area contributed by atoms with E-state index >= 15 is 4.39 Å². The number of anilines is 2. The largest absolute Gasteiger partial charge is 0.604 e. The number of nitrogens with one attached hydrogen (secondary N) is 2. The van der Waals surface area contributed by atoms with Gasteiger partial charge in [0.15, 0.2) is 10.7 Å². The lowest BCUT2D eigenvalue weighted by Crippen LogP contribution is -2.50. The summed E-state index contributed by atoms with van der Waals surface area (Å²) in [4.78, 5) is 23.3. The standard InChI is InChI=1S/C24H11F12IN2O3S/c25-12-6-4-10(5-7-12)19(40)38-15-3-1-2-13(17(15)26)20(41)39-18-14(37)8-11(9-16(18)43(42)24(34,35)36)21(27,22(28,29)30)23(31,32)33/h1-9H,(H,38,40)(H,39,41). The van der Waals surface area contributed by atoms with Crippen LogP contribution in [-0.2, 0) is 16.8 Å². The highest BCUT2D eigenvalue weighted by Crippen LogP contribution is 2.54. The molecule has 0 bridgehead atoms. The lowest BCUT2D eigenvalue weighted by Gasteiger charge is -2.31. The first-order valence-corrected chi connectivity index (χ1v) is 13.1. The van der Waals surface area contributed by atoms with E-state index in [0.717, 1.165) is 65.1 Å². The van der Waals surface area contributed by atoms with Crippen molar-refractivity contribution in [3.63, 3.8) is 0 Å². The first-order chi connectivity index (χ1) is 19.6. The second kappa shape index (κ2) is 12.1. The molecule has 43 heavy (non-hydrogen) atoms. The summed E-state index contributed by atoms with van der Waals surface area (Å²) in [6, 6.07) is 5.72. The molecule has 5 nitrogen and oxygen atoms in total. The minimum Gasteiger partial charge on any atom is -0.604 e. The maximum atomic E-state index is 15.1. The van der Waals surface area contributed by atoms with Gasteiger partial charge in [-0.3, -0.25) is 9.59 Å². The Kier molecular flexibility index (Phi) is 9.62. The molecule has 0 aliphatic heterocycles. The van der Waals surface area contributed by atoms with Gasteiger partial charge in [-0.25, -0.2) is 13.2 Å². The van der Waals surface area contributed by atoms with Gasteiger partial charge >= 0.3 is 23.5 Å². The van der Waals surface area contributed by atoms with E-state index in [2.05, 4.69) is 0 Å². The van der Waals surface area contributed by atoms with Crippen LogP contribution in [0.25, 0.3) is 0 Å². The molecule has 2 amide bonds. The number of alkyl halides is 10. The maximum Gasteiger partial charge on any atom is 0.578 e. The molecule has 232 valence electrons. The summed E-state index contributed by atoms with van der Waals surface area (Å²) >= 11 is -3.57. The molecule has 2 N–H and O–H groups in total. The third kappa shape index (κ3) is 6.97. The Morgan fingerprint density at radius 1 is 0.767 bits per heavy atom. The van der Waals surface area contributed by atoms with E-state index in [1.54, 1.807) is 5.32 Å². The smallest absolute Gasteiger partial charge is 0.578 e. The van der Waals surface area contributed by atoms with Gasteiger partial charge in [0.2, 0.25) is 0 Å². The van der Waals surface area contributed by atoms with Crippen LogP contribution in [0.5, 0.6) is 0 Å². The number of rotatable bonds is 6. The number of benzene rings is 3. The highest BCUT2D eigenvalue weighted by Gasteiger charge is 2.74. The van der Waals surface area contributed by atoms with Gasteiger partial charge < -0.3 is 15.2 Å². The Morgan fingerprint density at radius 3 is 1.84 bits per heavy atom. The van der Waals surface area contributed by atoms with E-state index < -0.39 is 95.2 Å². The Balaban J connectivity index is 2.08. The van der Waals surface area contributed by atoms with Crippen molar-refractivity contribution in [1.82, 2.24) is 0 Å². The van der Waals surface area contributed by atoms with Crippen molar-refractivity contribution < 1.29 is 66.8 Å². The zero-order valence-corrected chi connectivity index (χ0v) is 23.2. The SMILES string of the molecule is O=C(Nc1cccc(C(=O)Nc2c(I)cc(C(F)(C(F)(F)F)C(F)(F)F)cc2[S+]([O-])C(F)(F)F)c1F)c1ccc(F)cc1. The van der Waals surface area contributed by atoms with Crippen molar-refractivity contribution in [2.24, 2.45) is 0 Å². The van der Waals surface area contributed by atoms with Crippen molar-refractivity contribution in [1.29, 1.82) is 0 Å². The molecule has 3 rings (SSSR count). The lowest BCUT2D eigenvalue weighted by molar-refractivity contribution is -0.348. The van der Waals surface area contributed by atoms with Crippen LogP contribution in [0.4, 0.5) is 64.1 Å². The number of halogens is 13. The predicted molar refractivity (Wildman–Crippen MR) is 135 cm³/mol. The molecule has 0 aromatic heterocycles. The summed E-state index contributed by atoms with van der Waals surface area (Å²) in [5.74, 6) is -4.85. The second-order valence-electron chi connectivity index (χ2n) is 8.28. The van der Waals surface area contributed by atoms with Crippen molar-refractivity contribution in [2.75, 3.05) is 10.6 Å². The highest BCUT2D eigenvalue weighted by molar-refractivity contribution is 14.1. The monoisotopic (exact) mass is 762 g/mol. The molecule has 0 heterocycles. The summed E-state index contributed by atoms with van der Waals surface area (Å²) in [6.45, 7) is 0. The Bertz CT molecular complexity index is 1530. The van der Waals surface area contributed by atoms with Crippen LogP contribution in [0.15, 0.2) is 59.5 Å². The number of hydrogen-bond acceptors (Lipinski definition) is 3. The molecule has 0 radical (unpaired) electrons. The van der Waals surface area contributed by atoms with Gasteiger partial charge in [-0.1, -0.05) is 6.07 Å². The molecular weight excluding hydrogens is 751 g/mol. The number of carbonyl (C=O) groups excluding carboxylic acids is 2. The molecule has 3 aromatic rings. The van der Waals surface area contributed by atoms with Gasteiger partial charge in [-0.05, 0) is 65.1 Å². The maximum absolute atomic E-state index is 15.1. The summed E-state index contributed by atoms with van der Waals surface area (Å²) in [5, 5.41) is 3.69. The quantitative estimate of drug-likeness (QED) is 0.152. The van der Waals surface area contributed by atoms with Crippen LogP contribution in [-0.4, -0.2) is 34.2 Å².